The molecular formula is C19H18N2O. The van der Waals surface area contributed by atoms with Crippen LogP contribution in [0.15, 0.2) is 78.9 Å². The molecule has 0 radical (unpaired) electrons. The van der Waals surface area contributed by atoms with E-state index in [1.165, 1.54) is 11.1 Å². The molecule has 0 amide bonds. The molecule has 0 aliphatic heterocycles. The highest BCUT2D eigenvalue weighted by atomic mass is 16.5. The lowest BCUT2D eigenvalue weighted by Crippen LogP contribution is -2.24. The highest BCUT2D eigenvalue weighted by molar-refractivity contribution is 5.69. The summed E-state index contributed by atoms with van der Waals surface area (Å²) in [4.78, 5) is 0. The van der Waals surface area contributed by atoms with Crippen LogP contribution in [0.1, 0.15) is 0 Å². The second-order valence-electron chi connectivity index (χ2n) is 4.98. The van der Waals surface area contributed by atoms with Gasteiger partial charge in [0, 0.05) is 0 Å². The topological polar surface area (TPSA) is 38.5 Å². The summed E-state index contributed by atoms with van der Waals surface area (Å²) in [6.45, 7) is 0. The molecule has 0 aliphatic rings. The van der Waals surface area contributed by atoms with Gasteiger partial charge in [0.1, 0.15) is 5.75 Å². The lowest BCUT2D eigenvalue weighted by atomic mass is 10.1. The molecule has 0 bridgehead atoms. The number of hydrogen-bond donors (Lipinski definition) is 1. The first-order chi connectivity index (χ1) is 10.8. The highest BCUT2D eigenvalue weighted by Gasteiger charge is 2.05. The molecule has 0 fully saturated rings. The maximum Gasteiger partial charge on any atom is 0.119 e. The molecule has 110 valence electrons. The molecular weight excluding hydrogens is 272 g/mol. The van der Waals surface area contributed by atoms with E-state index in [1.807, 2.05) is 54.6 Å². The number of ether oxygens (including phenoxy) is 1. The molecule has 0 aliphatic carbocycles. The molecule has 3 rings (SSSR count). The van der Waals surface area contributed by atoms with Gasteiger partial charge in [0.25, 0.3) is 0 Å². The summed E-state index contributed by atoms with van der Waals surface area (Å²) >= 11 is 0. The van der Waals surface area contributed by atoms with Crippen LogP contribution in [0.5, 0.6) is 5.75 Å². The molecule has 0 aromatic heterocycles. The third-order valence-corrected chi connectivity index (χ3v) is 3.60. The van der Waals surface area contributed by atoms with E-state index in [4.69, 9.17) is 10.6 Å². The fourth-order valence-electron chi connectivity index (χ4n) is 2.34. The van der Waals surface area contributed by atoms with Gasteiger partial charge in [-0.1, -0.05) is 42.5 Å². The maximum absolute atomic E-state index is 6.19. The molecule has 2 N–H and O–H groups in total. The van der Waals surface area contributed by atoms with Crippen LogP contribution in [-0.2, 0) is 0 Å². The Hall–Kier alpha value is -2.78. The molecule has 3 aromatic carbocycles. The zero-order chi connectivity index (χ0) is 15.4. The Kier molecular flexibility index (Phi) is 4.08. The Morgan fingerprint density at radius 1 is 0.682 bits per heavy atom. The second kappa shape index (κ2) is 6.33. The van der Waals surface area contributed by atoms with Crippen molar-refractivity contribution in [1.29, 1.82) is 0 Å². The average molecular weight is 290 g/mol. The third-order valence-electron chi connectivity index (χ3n) is 3.60. The second-order valence-corrected chi connectivity index (χ2v) is 4.98. The van der Waals surface area contributed by atoms with Gasteiger partial charge in [-0.3, -0.25) is 5.01 Å². The normalized spacial score (nSPS) is 10.3. The van der Waals surface area contributed by atoms with Crippen molar-refractivity contribution in [2.45, 2.75) is 0 Å². The predicted molar refractivity (Wildman–Crippen MR) is 91.2 cm³/mol. The molecule has 0 atom stereocenters. The Morgan fingerprint density at radius 2 is 1.18 bits per heavy atom. The quantitative estimate of drug-likeness (QED) is 0.572. The molecule has 3 heteroatoms. The molecule has 0 saturated heterocycles. The van der Waals surface area contributed by atoms with Crippen molar-refractivity contribution >= 4 is 11.4 Å². The summed E-state index contributed by atoms with van der Waals surface area (Å²) in [6.07, 6.45) is 0. The zero-order valence-electron chi connectivity index (χ0n) is 12.4. The first kappa shape index (κ1) is 14.2. The van der Waals surface area contributed by atoms with Crippen molar-refractivity contribution in [2.75, 3.05) is 12.1 Å². The van der Waals surface area contributed by atoms with Crippen LogP contribution in [0.2, 0.25) is 0 Å². The lowest BCUT2D eigenvalue weighted by Gasteiger charge is -2.19. The summed E-state index contributed by atoms with van der Waals surface area (Å²) < 4.78 is 5.16. The van der Waals surface area contributed by atoms with E-state index in [0.29, 0.717) is 0 Å². The largest absolute Gasteiger partial charge is 0.497 e. The first-order valence-electron chi connectivity index (χ1n) is 7.12. The van der Waals surface area contributed by atoms with Gasteiger partial charge in [0.2, 0.25) is 0 Å². The average Bonchev–Trinajstić information content (AvgIpc) is 2.62. The van der Waals surface area contributed by atoms with Gasteiger partial charge >= 0.3 is 0 Å². The number of hydrogen-bond acceptors (Lipinski definition) is 3. The van der Waals surface area contributed by atoms with Crippen LogP contribution in [-0.4, -0.2) is 7.11 Å². The smallest absolute Gasteiger partial charge is 0.119 e. The molecule has 0 unspecified atom stereocenters. The Bertz CT molecular complexity index is 722. The fourth-order valence-corrected chi connectivity index (χ4v) is 2.34. The van der Waals surface area contributed by atoms with E-state index in [-0.39, 0.29) is 0 Å². The summed E-state index contributed by atoms with van der Waals surface area (Å²) in [5, 5.41) is 1.66. The molecule has 3 aromatic rings. The van der Waals surface area contributed by atoms with Crippen molar-refractivity contribution in [1.82, 2.24) is 0 Å². The van der Waals surface area contributed by atoms with Crippen LogP contribution < -0.4 is 15.6 Å². The minimum Gasteiger partial charge on any atom is -0.497 e. The van der Waals surface area contributed by atoms with E-state index in [1.54, 1.807) is 12.1 Å². The molecule has 0 heterocycles. The number of anilines is 2. The number of benzene rings is 3. The van der Waals surface area contributed by atoms with Gasteiger partial charge in [0.05, 0.1) is 18.5 Å². The van der Waals surface area contributed by atoms with E-state index >= 15 is 0 Å². The van der Waals surface area contributed by atoms with Crippen LogP contribution in [0.4, 0.5) is 11.4 Å². The van der Waals surface area contributed by atoms with Crippen molar-refractivity contribution in [3.05, 3.63) is 78.9 Å². The molecule has 0 spiro atoms. The lowest BCUT2D eigenvalue weighted by molar-refractivity contribution is 0.415. The van der Waals surface area contributed by atoms with Gasteiger partial charge in [-0.05, 0) is 47.5 Å². The van der Waals surface area contributed by atoms with Crippen molar-refractivity contribution in [3.8, 4) is 16.9 Å². The van der Waals surface area contributed by atoms with E-state index < -0.39 is 0 Å². The Labute approximate surface area is 130 Å². The number of hydrazine groups is 1. The monoisotopic (exact) mass is 290 g/mol. The zero-order valence-corrected chi connectivity index (χ0v) is 12.4. The fraction of sp³-hybridized carbons (Fsp3) is 0.0526. The predicted octanol–water partition coefficient (Wildman–Crippen LogP) is 4.37. The summed E-state index contributed by atoms with van der Waals surface area (Å²) in [5.41, 5.74) is 4.22. The Balaban J connectivity index is 1.82. The van der Waals surface area contributed by atoms with Crippen LogP contribution in [0.3, 0.4) is 0 Å². The van der Waals surface area contributed by atoms with E-state index in [0.717, 1.165) is 17.1 Å². The number of nitrogens with two attached hydrogens (primary N) is 1. The number of methoxy groups -OCH3 is 1. The highest BCUT2D eigenvalue weighted by Crippen LogP contribution is 2.27. The van der Waals surface area contributed by atoms with Gasteiger partial charge < -0.3 is 4.74 Å². The van der Waals surface area contributed by atoms with E-state index in [9.17, 15) is 0 Å². The molecule has 0 saturated carbocycles. The van der Waals surface area contributed by atoms with Crippen molar-refractivity contribution in [2.24, 2.45) is 5.84 Å². The number of rotatable bonds is 4. The van der Waals surface area contributed by atoms with Gasteiger partial charge in [-0.15, -0.1) is 0 Å². The minimum absolute atomic E-state index is 0.816. The van der Waals surface area contributed by atoms with E-state index in [2.05, 4.69) is 24.3 Å². The van der Waals surface area contributed by atoms with Crippen LogP contribution in [0.25, 0.3) is 11.1 Å². The molecule has 22 heavy (non-hydrogen) atoms. The van der Waals surface area contributed by atoms with Crippen molar-refractivity contribution < 1.29 is 4.74 Å². The molecule has 3 nitrogen and oxygen atoms in total. The van der Waals surface area contributed by atoms with Crippen molar-refractivity contribution in [3.63, 3.8) is 0 Å². The van der Waals surface area contributed by atoms with Gasteiger partial charge in [-0.25, -0.2) is 5.84 Å². The van der Waals surface area contributed by atoms with Crippen LogP contribution in [0, 0.1) is 0 Å². The standard InChI is InChI=1S/C19H18N2O/c1-22-19-13-11-18(12-14-19)21(20)17-9-7-16(8-10-17)15-5-3-2-4-6-15/h2-14H,20H2,1H3. The van der Waals surface area contributed by atoms with Crippen LogP contribution >= 0.6 is 0 Å². The minimum atomic E-state index is 0.816. The summed E-state index contributed by atoms with van der Waals surface area (Å²) in [5.74, 6) is 7.01. The SMILES string of the molecule is COc1ccc(N(N)c2ccc(-c3ccccc3)cc2)cc1. The summed E-state index contributed by atoms with van der Waals surface area (Å²) in [6, 6.07) is 26.1. The maximum atomic E-state index is 6.19. The number of nitrogens with zero attached hydrogens (tertiary/aromatic N) is 1. The van der Waals surface area contributed by atoms with Gasteiger partial charge in [0.15, 0.2) is 0 Å². The third kappa shape index (κ3) is 2.95. The van der Waals surface area contributed by atoms with Gasteiger partial charge in [-0.2, -0.15) is 0 Å². The Morgan fingerprint density at radius 3 is 1.73 bits per heavy atom. The first-order valence-corrected chi connectivity index (χ1v) is 7.12. The summed E-state index contributed by atoms with van der Waals surface area (Å²) in [7, 11) is 1.65.